The monoisotopic (exact) mass is 506 g/mol. The van der Waals surface area contributed by atoms with Gasteiger partial charge in [0.2, 0.25) is 5.82 Å². The minimum absolute atomic E-state index is 0.0211. The van der Waals surface area contributed by atoms with Gasteiger partial charge in [-0.2, -0.15) is 0 Å². The Morgan fingerprint density at radius 2 is 2.00 bits per heavy atom. The molecule has 2 amide bonds. The minimum atomic E-state index is -0.558. The molecule has 36 heavy (non-hydrogen) atoms. The number of aromatic nitrogens is 2. The Morgan fingerprint density at radius 1 is 1.22 bits per heavy atom. The van der Waals surface area contributed by atoms with Gasteiger partial charge in [-0.15, -0.1) is 11.3 Å². The molecule has 0 atom stereocenters. The summed E-state index contributed by atoms with van der Waals surface area (Å²) < 4.78 is 5.72. The third-order valence-electron chi connectivity index (χ3n) is 6.07. The number of nitro groups is 1. The first-order valence-corrected chi connectivity index (χ1v) is 12.2. The van der Waals surface area contributed by atoms with Crippen molar-refractivity contribution in [3.05, 3.63) is 80.6 Å². The Kier molecular flexibility index (Phi) is 6.34. The highest BCUT2D eigenvalue weighted by molar-refractivity contribution is 7.09. The van der Waals surface area contributed by atoms with E-state index in [0.29, 0.717) is 24.4 Å². The van der Waals surface area contributed by atoms with Gasteiger partial charge in [0.1, 0.15) is 11.3 Å². The van der Waals surface area contributed by atoms with E-state index in [1.807, 2.05) is 24.3 Å². The van der Waals surface area contributed by atoms with Gasteiger partial charge >= 0.3 is 5.69 Å². The molecule has 5 rings (SSSR count). The number of benzene rings is 1. The van der Waals surface area contributed by atoms with Gasteiger partial charge in [0.25, 0.3) is 11.8 Å². The molecule has 0 radical (unpaired) electrons. The molecule has 0 saturated carbocycles. The van der Waals surface area contributed by atoms with Crippen LogP contribution < -0.4 is 10.4 Å². The zero-order chi connectivity index (χ0) is 25.2. The maximum absolute atomic E-state index is 12.9. The molecule has 3 aromatic heterocycles. The van der Waals surface area contributed by atoms with Crippen molar-refractivity contribution >= 4 is 45.6 Å². The Labute approximate surface area is 209 Å². The predicted molar refractivity (Wildman–Crippen MR) is 133 cm³/mol. The number of thiazole rings is 1. The third-order valence-corrected chi connectivity index (χ3v) is 7.08. The summed E-state index contributed by atoms with van der Waals surface area (Å²) in [6.07, 6.45) is 2.86. The average Bonchev–Trinajstić information content (AvgIpc) is 3.56. The summed E-state index contributed by atoms with van der Waals surface area (Å²) in [5.74, 6) is -0.133. The largest absolute Gasteiger partial charge is 0.451 e. The number of likely N-dealkylation sites (tertiary alicyclic amines) is 1. The van der Waals surface area contributed by atoms with E-state index in [2.05, 4.69) is 15.4 Å². The quantitative estimate of drug-likeness (QED) is 0.306. The number of piperidine rings is 1. The first-order valence-electron chi connectivity index (χ1n) is 11.3. The lowest BCUT2D eigenvalue weighted by molar-refractivity contribution is -0.384. The van der Waals surface area contributed by atoms with Crippen LogP contribution in [0.15, 0.2) is 58.5 Å². The standard InChI is InChI=1S/C24H22N6O5S/c1-28(21-18(30(33)34)6-4-10-25-21)27-22(31)17-14-36-23(26-17)15-8-11-29(12-9-15)24(32)20-13-16-5-2-3-7-19(16)35-20/h2-7,10,13-15H,8-9,11-12H2,1H3,(H,27,31). The second-order valence-corrected chi connectivity index (χ2v) is 9.28. The number of fused-ring (bicyclic) bond motifs is 1. The molecule has 1 aromatic carbocycles. The third kappa shape index (κ3) is 4.62. The van der Waals surface area contributed by atoms with Gasteiger partial charge in [0.05, 0.1) is 9.93 Å². The van der Waals surface area contributed by atoms with E-state index in [0.717, 1.165) is 23.2 Å². The number of rotatable bonds is 6. The molecule has 11 nitrogen and oxygen atoms in total. The number of hydrogen-bond acceptors (Lipinski definition) is 9. The first kappa shape index (κ1) is 23.4. The van der Waals surface area contributed by atoms with Gasteiger partial charge < -0.3 is 9.32 Å². The van der Waals surface area contributed by atoms with E-state index < -0.39 is 10.8 Å². The minimum Gasteiger partial charge on any atom is -0.451 e. The normalized spacial score (nSPS) is 14.1. The lowest BCUT2D eigenvalue weighted by Gasteiger charge is -2.30. The number of hydrazine groups is 1. The number of para-hydroxylation sites is 1. The Morgan fingerprint density at radius 3 is 2.75 bits per heavy atom. The van der Waals surface area contributed by atoms with Gasteiger partial charge in [-0.3, -0.25) is 30.1 Å². The van der Waals surface area contributed by atoms with Crippen molar-refractivity contribution in [2.75, 3.05) is 25.1 Å². The number of nitrogens with one attached hydrogen (secondary N) is 1. The van der Waals surface area contributed by atoms with Crippen LogP contribution >= 0.6 is 11.3 Å². The molecular weight excluding hydrogens is 484 g/mol. The molecule has 184 valence electrons. The lowest BCUT2D eigenvalue weighted by atomic mass is 9.97. The number of carbonyl (C=O) groups excluding carboxylic acids is 2. The van der Waals surface area contributed by atoms with Gasteiger partial charge in [0, 0.05) is 49.1 Å². The zero-order valence-corrected chi connectivity index (χ0v) is 20.1. The number of amides is 2. The van der Waals surface area contributed by atoms with E-state index >= 15 is 0 Å². The van der Waals surface area contributed by atoms with Crippen LogP contribution in [0.1, 0.15) is 44.8 Å². The van der Waals surface area contributed by atoms with Crippen molar-refractivity contribution in [3.8, 4) is 0 Å². The van der Waals surface area contributed by atoms with Crippen LogP contribution in [0.25, 0.3) is 11.0 Å². The second-order valence-electron chi connectivity index (χ2n) is 8.39. The summed E-state index contributed by atoms with van der Waals surface area (Å²) >= 11 is 1.39. The van der Waals surface area contributed by atoms with E-state index in [1.165, 1.54) is 41.7 Å². The first-order chi connectivity index (χ1) is 17.4. The van der Waals surface area contributed by atoms with Crippen LogP contribution in [-0.4, -0.2) is 51.7 Å². The Balaban J connectivity index is 1.19. The molecule has 1 aliphatic rings. The van der Waals surface area contributed by atoms with Crippen molar-refractivity contribution in [2.24, 2.45) is 0 Å². The predicted octanol–water partition coefficient (Wildman–Crippen LogP) is 3.99. The van der Waals surface area contributed by atoms with Gasteiger partial charge in [-0.25, -0.2) is 9.97 Å². The van der Waals surface area contributed by atoms with E-state index in [4.69, 9.17) is 4.42 Å². The van der Waals surface area contributed by atoms with Crippen LogP contribution in [0, 0.1) is 10.1 Å². The van der Waals surface area contributed by atoms with Crippen LogP contribution in [0.5, 0.6) is 0 Å². The van der Waals surface area contributed by atoms with Crippen molar-refractivity contribution in [3.63, 3.8) is 0 Å². The highest BCUT2D eigenvalue weighted by atomic mass is 32.1. The smallest absolute Gasteiger partial charge is 0.313 e. The Bertz CT molecular complexity index is 1410. The molecule has 12 heteroatoms. The summed E-state index contributed by atoms with van der Waals surface area (Å²) in [6, 6.07) is 12.1. The highest BCUT2D eigenvalue weighted by Crippen LogP contribution is 2.31. The second kappa shape index (κ2) is 9.74. The molecule has 1 aliphatic heterocycles. The topological polar surface area (TPSA) is 135 Å². The van der Waals surface area contributed by atoms with Crippen LogP contribution in [-0.2, 0) is 0 Å². The number of furan rings is 1. The molecule has 1 N–H and O–H groups in total. The fourth-order valence-electron chi connectivity index (χ4n) is 4.20. The molecule has 4 heterocycles. The summed E-state index contributed by atoms with van der Waals surface area (Å²) in [4.78, 5) is 46.6. The van der Waals surface area contributed by atoms with Gasteiger partial charge in [-0.05, 0) is 31.0 Å². The molecule has 0 spiro atoms. The van der Waals surface area contributed by atoms with Crippen molar-refractivity contribution in [2.45, 2.75) is 18.8 Å². The maximum atomic E-state index is 12.9. The van der Waals surface area contributed by atoms with Gasteiger partial charge in [-0.1, -0.05) is 18.2 Å². The molecular formula is C24H22N6O5S. The van der Waals surface area contributed by atoms with Crippen LogP contribution in [0.2, 0.25) is 0 Å². The summed E-state index contributed by atoms with van der Waals surface area (Å²) in [5, 5.41) is 15.8. The summed E-state index contributed by atoms with van der Waals surface area (Å²) in [6.45, 7) is 1.13. The molecule has 1 saturated heterocycles. The van der Waals surface area contributed by atoms with E-state index in [9.17, 15) is 19.7 Å². The lowest BCUT2D eigenvalue weighted by Crippen LogP contribution is -2.40. The van der Waals surface area contributed by atoms with Crippen LogP contribution in [0.4, 0.5) is 11.5 Å². The number of anilines is 1. The van der Waals surface area contributed by atoms with E-state index in [1.54, 1.807) is 16.3 Å². The fourth-order valence-corrected chi connectivity index (χ4v) is 5.18. The number of pyridine rings is 1. The van der Waals surface area contributed by atoms with Crippen molar-refractivity contribution < 1.29 is 18.9 Å². The number of carbonyl (C=O) groups is 2. The highest BCUT2D eigenvalue weighted by Gasteiger charge is 2.29. The van der Waals surface area contributed by atoms with E-state index in [-0.39, 0.29) is 29.0 Å². The summed E-state index contributed by atoms with van der Waals surface area (Å²) in [7, 11) is 1.48. The maximum Gasteiger partial charge on any atom is 0.313 e. The number of nitrogens with zero attached hydrogens (tertiary/aromatic N) is 5. The summed E-state index contributed by atoms with van der Waals surface area (Å²) in [5.41, 5.74) is 3.28. The van der Waals surface area contributed by atoms with Crippen molar-refractivity contribution in [1.29, 1.82) is 0 Å². The van der Waals surface area contributed by atoms with Crippen LogP contribution in [0.3, 0.4) is 0 Å². The molecule has 0 unspecified atom stereocenters. The average molecular weight is 507 g/mol. The fraction of sp³-hybridized carbons (Fsp3) is 0.250. The van der Waals surface area contributed by atoms with Gasteiger partial charge in [0.15, 0.2) is 5.76 Å². The molecule has 1 fully saturated rings. The SMILES string of the molecule is CN(NC(=O)c1csc(C2CCN(C(=O)c3cc4ccccc4o3)CC2)n1)c1ncccc1[N+](=O)[O-]. The Hall–Kier alpha value is -4.32. The molecule has 4 aromatic rings. The molecule has 0 aliphatic carbocycles. The zero-order valence-electron chi connectivity index (χ0n) is 19.3. The molecule has 0 bridgehead atoms. The number of hydrogen-bond donors (Lipinski definition) is 1. The van der Waals surface area contributed by atoms with Crippen molar-refractivity contribution in [1.82, 2.24) is 20.3 Å².